The normalized spacial score (nSPS) is 14.8. The minimum absolute atomic E-state index is 0.272. The number of thioether (sulfide) groups is 2. The molecular weight excluding hydrogens is 420 g/mol. The van der Waals surface area contributed by atoms with Crippen molar-refractivity contribution in [2.24, 2.45) is 13.0 Å². The Hall–Kier alpha value is -2.46. The quantitative estimate of drug-likeness (QED) is 0.554. The molecule has 0 bridgehead atoms. The minimum atomic E-state index is -0.272. The zero-order valence-electron chi connectivity index (χ0n) is 16.7. The molecule has 4 rings (SSSR count). The molecule has 3 heterocycles. The highest BCUT2D eigenvalue weighted by molar-refractivity contribution is 7.99. The van der Waals surface area contributed by atoms with Gasteiger partial charge in [-0.25, -0.2) is 14.8 Å². The predicted octanol–water partition coefficient (Wildman–Crippen LogP) is 3.83. The molecular formula is C20H24N6O2S2. The topological polar surface area (TPSA) is 88.9 Å². The van der Waals surface area contributed by atoms with Crippen LogP contribution in [0.5, 0.6) is 5.75 Å². The zero-order valence-corrected chi connectivity index (χ0v) is 18.4. The van der Waals surface area contributed by atoms with E-state index in [1.807, 2.05) is 42.1 Å². The van der Waals surface area contributed by atoms with Crippen LogP contribution in [0.2, 0.25) is 0 Å². The van der Waals surface area contributed by atoms with Crippen LogP contribution in [-0.4, -0.2) is 54.6 Å². The second-order valence-corrected chi connectivity index (χ2v) is 9.10. The fraction of sp³-hybridized carbons (Fsp3) is 0.400. The average molecular weight is 445 g/mol. The van der Waals surface area contributed by atoms with E-state index in [4.69, 9.17) is 4.74 Å². The van der Waals surface area contributed by atoms with Crippen LogP contribution >= 0.6 is 23.5 Å². The Morgan fingerprint density at radius 3 is 2.67 bits per heavy atom. The summed E-state index contributed by atoms with van der Waals surface area (Å²) in [5, 5.41) is 8.55. The third kappa shape index (κ3) is 5.57. The van der Waals surface area contributed by atoms with E-state index in [0.717, 1.165) is 53.3 Å². The number of piperidine rings is 1. The molecule has 2 aromatic heterocycles. The molecule has 1 fully saturated rings. The van der Waals surface area contributed by atoms with Crippen LogP contribution in [0.1, 0.15) is 18.4 Å². The highest BCUT2D eigenvalue weighted by Crippen LogP contribution is 2.26. The summed E-state index contributed by atoms with van der Waals surface area (Å²) in [4.78, 5) is 22.7. The number of nitrogens with zero attached hydrogens (tertiary/aromatic N) is 5. The summed E-state index contributed by atoms with van der Waals surface area (Å²) in [7, 11) is 1.98. The highest BCUT2D eigenvalue weighted by Gasteiger charge is 2.24. The van der Waals surface area contributed by atoms with Crippen molar-refractivity contribution in [2.75, 3.05) is 18.8 Å². The SMILES string of the molecule is Cn1ccnc1SCc1ccc(OC(=O)N2CCC(CSc3ncn[nH]3)CC2)cc1. The lowest BCUT2D eigenvalue weighted by molar-refractivity contribution is 0.134. The molecule has 1 amide bonds. The van der Waals surface area contributed by atoms with Crippen molar-refractivity contribution in [2.45, 2.75) is 28.9 Å². The Labute approximate surface area is 183 Å². The zero-order chi connectivity index (χ0) is 20.8. The summed E-state index contributed by atoms with van der Waals surface area (Å²) in [5.74, 6) is 2.95. The minimum Gasteiger partial charge on any atom is -0.410 e. The lowest BCUT2D eigenvalue weighted by atomic mass is 9.99. The predicted molar refractivity (Wildman–Crippen MR) is 117 cm³/mol. The summed E-state index contributed by atoms with van der Waals surface area (Å²) < 4.78 is 7.56. The van der Waals surface area contributed by atoms with Crippen molar-refractivity contribution in [3.8, 4) is 5.75 Å². The molecule has 0 aliphatic carbocycles. The van der Waals surface area contributed by atoms with E-state index < -0.39 is 0 Å². The van der Waals surface area contributed by atoms with Crippen molar-refractivity contribution in [3.05, 3.63) is 48.5 Å². The molecule has 0 unspecified atom stereocenters. The number of amides is 1. The molecule has 1 aliphatic heterocycles. The number of nitrogens with one attached hydrogen (secondary N) is 1. The van der Waals surface area contributed by atoms with E-state index in [1.54, 1.807) is 34.6 Å². The standard InChI is InChI=1S/C20H24N6O2S2/c1-25-11-8-21-19(25)30-13-15-2-4-17(5-3-15)28-20(27)26-9-6-16(7-10-26)12-29-18-22-14-23-24-18/h2-5,8,11,14,16H,6-7,9-10,12-13H2,1H3,(H,22,23,24). The fourth-order valence-electron chi connectivity index (χ4n) is 3.20. The fourth-order valence-corrected chi connectivity index (χ4v) is 5.05. The number of aromatic amines is 1. The second kappa shape index (κ2) is 10.0. The lowest BCUT2D eigenvalue weighted by Gasteiger charge is -2.30. The van der Waals surface area contributed by atoms with Gasteiger partial charge >= 0.3 is 6.09 Å². The van der Waals surface area contributed by atoms with Crippen molar-refractivity contribution in [1.29, 1.82) is 0 Å². The second-order valence-electron chi connectivity index (χ2n) is 7.15. The van der Waals surface area contributed by atoms with Crippen molar-refractivity contribution < 1.29 is 9.53 Å². The summed E-state index contributed by atoms with van der Waals surface area (Å²) >= 11 is 3.36. The van der Waals surface area contributed by atoms with E-state index in [1.165, 1.54) is 6.33 Å². The van der Waals surface area contributed by atoms with Gasteiger partial charge in [0.05, 0.1) is 0 Å². The summed E-state index contributed by atoms with van der Waals surface area (Å²) in [6.45, 7) is 1.44. The number of imidazole rings is 1. The van der Waals surface area contributed by atoms with E-state index in [-0.39, 0.29) is 6.09 Å². The molecule has 0 radical (unpaired) electrons. The number of aryl methyl sites for hydroxylation is 1. The molecule has 0 spiro atoms. The van der Waals surface area contributed by atoms with Gasteiger partial charge in [-0.05, 0) is 36.5 Å². The van der Waals surface area contributed by atoms with E-state index in [9.17, 15) is 4.79 Å². The Morgan fingerprint density at radius 1 is 1.20 bits per heavy atom. The van der Waals surface area contributed by atoms with Crippen LogP contribution in [0, 0.1) is 5.92 Å². The molecule has 1 aliphatic rings. The maximum atomic E-state index is 12.5. The largest absolute Gasteiger partial charge is 0.415 e. The van der Waals surface area contributed by atoms with Crippen LogP contribution in [0.25, 0.3) is 0 Å². The lowest BCUT2D eigenvalue weighted by Crippen LogP contribution is -2.40. The molecule has 8 nitrogen and oxygen atoms in total. The molecule has 30 heavy (non-hydrogen) atoms. The number of carbonyl (C=O) groups is 1. The van der Waals surface area contributed by atoms with Gasteiger partial charge in [0.25, 0.3) is 0 Å². The van der Waals surface area contributed by atoms with Gasteiger partial charge in [0, 0.05) is 44.0 Å². The van der Waals surface area contributed by atoms with Crippen LogP contribution in [0.15, 0.2) is 53.3 Å². The number of ether oxygens (including phenoxy) is 1. The first-order chi connectivity index (χ1) is 14.7. The molecule has 1 aromatic carbocycles. The van der Waals surface area contributed by atoms with Gasteiger partial charge in [-0.1, -0.05) is 35.7 Å². The number of hydrogen-bond acceptors (Lipinski definition) is 7. The first-order valence-electron chi connectivity index (χ1n) is 9.81. The van der Waals surface area contributed by atoms with E-state index in [0.29, 0.717) is 11.7 Å². The van der Waals surface area contributed by atoms with Gasteiger partial charge in [0.1, 0.15) is 12.1 Å². The van der Waals surface area contributed by atoms with Crippen LogP contribution in [-0.2, 0) is 12.8 Å². The number of hydrogen-bond donors (Lipinski definition) is 1. The Bertz CT molecular complexity index is 937. The van der Waals surface area contributed by atoms with Crippen LogP contribution in [0.3, 0.4) is 0 Å². The molecule has 3 aromatic rings. The molecule has 0 atom stereocenters. The maximum absolute atomic E-state index is 12.5. The average Bonchev–Trinajstić information content (AvgIpc) is 3.44. The number of carbonyl (C=O) groups excluding carboxylic acids is 1. The molecule has 158 valence electrons. The Balaban J connectivity index is 1.20. The molecule has 10 heteroatoms. The monoisotopic (exact) mass is 444 g/mol. The molecule has 1 saturated heterocycles. The smallest absolute Gasteiger partial charge is 0.410 e. The summed E-state index contributed by atoms with van der Waals surface area (Å²) in [6.07, 6.45) is 6.92. The number of benzene rings is 1. The number of aromatic nitrogens is 5. The van der Waals surface area contributed by atoms with Crippen LogP contribution < -0.4 is 4.74 Å². The number of rotatable bonds is 7. The highest BCUT2D eigenvalue weighted by atomic mass is 32.2. The van der Waals surface area contributed by atoms with Gasteiger partial charge in [-0.15, -0.1) is 0 Å². The first-order valence-corrected chi connectivity index (χ1v) is 11.8. The van der Waals surface area contributed by atoms with Gasteiger partial charge in [0.15, 0.2) is 10.3 Å². The molecule has 1 N–H and O–H groups in total. The summed E-state index contributed by atoms with van der Waals surface area (Å²) in [6, 6.07) is 7.69. The van der Waals surface area contributed by atoms with E-state index >= 15 is 0 Å². The number of likely N-dealkylation sites (tertiary alicyclic amines) is 1. The van der Waals surface area contributed by atoms with E-state index in [2.05, 4.69) is 20.2 Å². The maximum Gasteiger partial charge on any atom is 0.415 e. The van der Waals surface area contributed by atoms with Gasteiger partial charge in [-0.3, -0.25) is 5.10 Å². The summed E-state index contributed by atoms with van der Waals surface area (Å²) in [5.41, 5.74) is 1.16. The molecule has 0 saturated carbocycles. The van der Waals surface area contributed by atoms with Crippen LogP contribution in [0.4, 0.5) is 4.79 Å². The Kier molecular flexibility index (Phi) is 6.96. The third-order valence-electron chi connectivity index (χ3n) is 4.99. The van der Waals surface area contributed by atoms with Crippen molar-refractivity contribution >= 4 is 29.6 Å². The number of H-pyrrole nitrogens is 1. The first kappa shape index (κ1) is 20.8. The van der Waals surface area contributed by atoms with Crippen molar-refractivity contribution in [3.63, 3.8) is 0 Å². The van der Waals surface area contributed by atoms with Crippen molar-refractivity contribution in [1.82, 2.24) is 29.6 Å². The Morgan fingerprint density at radius 2 is 2.00 bits per heavy atom. The van der Waals surface area contributed by atoms with Gasteiger partial charge < -0.3 is 14.2 Å². The van der Waals surface area contributed by atoms with Gasteiger partial charge in [-0.2, -0.15) is 5.10 Å². The van der Waals surface area contributed by atoms with Gasteiger partial charge in [0.2, 0.25) is 0 Å². The third-order valence-corrected chi connectivity index (χ3v) is 7.23.